The molecule has 0 aromatic heterocycles. The van der Waals surface area contributed by atoms with Gasteiger partial charge in [0.25, 0.3) is 0 Å². The largest absolute Gasteiger partial charge is 0.271 e. The monoisotopic (exact) mass is 316 g/mol. The molecule has 2 rings (SSSR count). The third-order valence-corrected chi connectivity index (χ3v) is 3.60. The van der Waals surface area contributed by atoms with Crippen molar-refractivity contribution in [2.24, 2.45) is 5.84 Å². The number of hydrazine groups is 1. The molecule has 0 aliphatic carbocycles. The lowest BCUT2D eigenvalue weighted by molar-refractivity contribution is 0.525. The van der Waals surface area contributed by atoms with E-state index in [0.717, 1.165) is 0 Å². The summed E-state index contributed by atoms with van der Waals surface area (Å²) in [6.45, 7) is 0. The van der Waals surface area contributed by atoms with E-state index >= 15 is 0 Å². The summed E-state index contributed by atoms with van der Waals surface area (Å²) in [5.41, 5.74) is 3.52. The summed E-state index contributed by atoms with van der Waals surface area (Å²) >= 11 is 11.4. The van der Waals surface area contributed by atoms with E-state index in [-0.39, 0.29) is 16.5 Å². The van der Waals surface area contributed by atoms with Crippen LogP contribution in [-0.4, -0.2) is 0 Å². The van der Waals surface area contributed by atoms with Crippen molar-refractivity contribution in [3.8, 4) is 0 Å². The van der Waals surface area contributed by atoms with Crippen molar-refractivity contribution in [3.05, 3.63) is 69.2 Å². The number of nitrogens with two attached hydrogens (primary N) is 1. The third-order valence-electron chi connectivity index (χ3n) is 3.00. The van der Waals surface area contributed by atoms with Gasteiger partial charge in [-0.1, -0.05) is 41.4 Å². The Hall–Kier alpha value is -1.20. The molecule has 6 heteroatoms. The van der Waals surface area contributed by atoms with Crippen LogP contribution in [0.15, 0.2) is 36.4 Å². The normalized spacial score (nSPS) is 12.4. The van der Waals surface area contributed by atoms with E-state index in [2.05, 4.69) is 5.43 Å². The zero-order valence-electron chi connectivity index (χ0n) is 10.3. The summed E-state index contributed by atoms with van der Waals surface area (Å²) in [5.74, 6) is 4.43. The SMILES string of the molecule is NNC(Cc1cccc(Cl)c1F)c1ccc(Cl)c(F)c1. The Morgan fingerprint density at radius 1 is 1.10 bits per heavy atom. The van der Waals surface area contributed by atoms with Gasteiger partial charge >= 0.3 is 0 Å². The minimum Gasteiger partial charge on any atom is -0.271 e. The highest BCUT2D eigenvalue weighted by atomic mass is 35.5. The number of benzene rings is 2. The zero-order chi connectivity index (χ0) is 14.7. The van der Waals surface area contributed by atoms with Gasteiger partial charge in [0.15, 0.2) is 0 Å². The van der Waals surface area contributed by atoms with Gasteiger partial charge in [0, 0.05) is 0 Å². The summed E-state index contributed by atoms with van der Waals surface area (Å²) in [4.78, 5) is 0. The predicted molar refractivity (Wildman–Crippen MR) is 76.6 cm³/mol. The highest BCUT2D eigenvalue weighted by Gasteiger charge is 2.16. The first-order valence-electron chi connectivity index (χ1n) is 5.87. The van der Waals surface area contributed by atoms with Crippen molar-refractivity contribution < 1.29 is 8.78 Å². The van der Waals surface area contributed by atoms with Crippen LogP contribution in [0.3, 0.4) is 0 Å². The molecule has 0 fully saturated rings. The molecule has 1 unspecified atom stereocenters. The Morgan fingerprint density at radius 2 is 1.85 bits per heavy atom. The maximum Gasteiger partial charge on any atom is 0.145 e. The minimum absolute atomic E-state index is 0.0263. The second kappa shape index (κ2) is 6.50. The van der Waals surface area contributed by atoms with Gasteiger partial charge in [0.1, 0.15) is 11.6 Å². The molecule has 0 radical (unpaired) electrons. The molecule has 0 saturated carbocycles. The van der Waals surface area contributed by atoms with Crippen LogP contribution >= 0.6 is 23.2 Å². The molecule has 1 atom stereocenters. The first-order valence-corrected chi connectivity index (χ1v) is 6.62. The Labute approximate surface area is 125 Å². The maximum atomic E-state index is 13.9. The van der Waals surface area contributed by atoms with E-state index < -0.39 is 17.7 Å². The van der Waals surface area contributed by atoms with Crippen molar-refractivity contribution in [2.45, 2.75) is 12.5 Å². The predicted octanol–water partition coefficient (Wildman–Crippen LogP) is 4.02. The minimum atomic E-state index is -0.545. The van der Waals surface area contributed by atoms with E-state index in [1.165, 1.54) is 18.2 Å². The standard InChI is InChI=1S/C14H12Cl2F2N2/c15-10-5-4-8(6-12(10)17)13(20-19)7-9-2-1-3-11(16)14(9)18/h1-6,13,20H,7,19H2. The smallest absolute Gasteiger partial charge is 0.145 e. The Balaban J connectivity index is 2.28. The Morgan fingerprint density at radius 3 is 2.50 bits per heavy atom. The Kier molecular flexibility index (Phi) is 4.94. The molecule has 0 spiro atoms. The molecule has 2 aromatic carbocycles. The fraction of sp³-hybridized carbons (Fsp3) is 0.143. The van der Waals surface area contributed by atoms with E-state index in [4.69, 9.17) is 29.0 Å². The average molecular weight is 317 g/mol. The summed E-state index contributed by atoms with van der Waals surface area (Å²) in [7, 11) is 0. The fourth-order valence-electron chi connectivity index (χ4n) is 1.93. The summed E-state index contributed by atoms with van der Waals surface area (Å²) in [5, 5.41) is 0.0685. The molecule has 0 saturated heterocycles. The van der Waals surface area contributed by atoms with E-state index in [9.17, 15) is 8.78 Å². The van der Waals surface area contributed by atoms with Gasteiger partial charge in [0.2, 0.25) is 0 Å². The van der Waals surface area contributed by atoms with Crippen LogP contribution in [0, 0.1) is 11.6 Å². The van der Waals surface area contributed by atoms with Crippen LogP contribution in [0.5, 0.6) is 0 Å². The van der Waals surface area contributed by atoms with Crippen LogP contribution in [0.25, 0.3) is 0 Å². The van der Waals surface area contributed by atoms with Crippen molar-refractivity contribution in [2.75, 3.05) is 0 Å². The number of hydrogen-bond donors (Lipinski definition) is 2. The van der Waals surface area contributed by atoms with Crippen molar-refractivity contribution in [3.63, 3.8) is 0 Å². The molecule has 20 heavy (non-hydrogen) atoms. The van der Waals surface area contributed by atoms with E-state index in [1.54, 1.807) is 18.2 Å². The van der Waals surface area contributed by atoms with Crippen LogP contribution in [-0.2, 0) is 6.42 Å². The molecule has 0 aliphatic rings. The van der Waals surface area contributed by atoms with Crippen LogP contribution in [0.1, 0.15) is 17.2 Å². The maximum absolute atomic E-state index is 13.9. The second-order valence-electron chi connectivity index (χ2n) is 4.31. The van der Waals surface area contributed by atoms with Crippen molar-refractivity contribution >= 4 is 23.2 Å². The van der Waals surface area contributed by atoms with Gasteiger partial charge in [-0.3, -0.25) is 11.3 Å². The van der Waals surface area contributed by atoms with E-state index in [0.29, 0.717) is 11.1 Å². The summed E-state index contributed by atoms with van der Waals surface area (Å²) in [6.07, 6.45) is 0.240. The third kappa shape index (κ3) is 3.27. The van der Waals surface area contributed by atoms with Gasteiger partial charge in [-0.15, -0.1) is 0 Å². The summed E-state index contributed by atoms with van der Waals surface area (Å²) < 4.78 is 27.3. The highest BCUT2D eigenvalue weighted by Crippen LogP contribution is 2.25. The molecule has 3 N–H and O–H groups in total. The molecule has 0 aliphatic heterocycles. The fourth-order valence-corrected chi connectivity index (χ4v) is 2.24. The molecule has 0 bridgehead atoms. The lowest BCUT2D eigenvalue weighted by atomic mass is 9.99. The van der Waals surface area contributed by atoms with Gasteiger partial charge in [-0.2, -0.15) is 0 Å². The van der Waals surface area contributed by atoms with Crippen molar-refractivity contribution in [1.29, 1.82) is 0 Å². The zero-order valence-corrected chi connectivity index (χ0v) is 11.8. The summed E-state index contributed by atoms with van der Waals surface area (Å²) in [6, 6.07) is 8.62. The van der Waals surface area contributed by atoms with Crippen molar-refractivity contribution in [1.82, 2.24) is 5.43 Å². The molecule has 106 valence electrons. The molecule has 0 amide bonds. The first kappa shape index (κ1) is 15.2. The number of hydrogen-bond acceptors (Lipinski definition) is 2. The van der Waals surface area contributed by atoms with Gasteiger partial charge < -0.3 is 0 Å². The highest BCUT2D eigenvalue weighted by molar-refractivity contribution is 6.31. The molecule has 0 heterocycles. The first-order chi connectivity index (χ1) is 9.52. The molecule has 2 nitrogen and oxygen atoms in total. The second-order valence-corrected chi connectivity index (χ2v) is 5.12. The quantitative estimate of drug-likeness (QED) is 0.660. The van der Waals surface area contributed by atoms with Gasteiger partial charge in [-0.25, -0.2) is 8.78 Å². The van der Waals surface area contributed by atoms with Crippen LogP contribution in [0.4, 0.5) is 8.78 Å². The van der Waals surface area contributed by atoms with Gasteiger partial charge in [0.05, 0.1) is 16.1 Å². The van der Waals surface area contributed by atoms with Gasteiger partial charge in [-0.05, 0) is 35.7 Å². The number of nitrogens with one attached hydrogen (secondary N) is 1. The molecular formula is C14H12Cl2F2N2. The van der Waals surface area contributed by atoms with Crippen LogP contribution in [0.2, 0.25) is 10.0 Å². The number of rotatable bonds is 4. The van der Waals surface area contributed by atoms with Crippen LogP contribution < -0.4 is 11.3 Å². The molecule has 2 aromatic rings. The molecular weight excluding hydrogens is 305 g/mol. The lowest BCUT2D eigenvalue weighted by Crippen LogP contribution is -2.30. The average Bonchev–Trinajstić information content (AvgIpc) is 2.44. The number of halogens is 4. The van der Waals surface area contributed by atoms with E-state index in [1.807, 2.05) is 0 Å². The lowest BCUT2D eigenvalue weighted by Gasteiger charge is -2.17. The topological polar surface area (TPSA) is 38.0 Å². The Bertz CT molecular complexity index is 620.